The number of fused-ring (bicyclic) bond motifs is 7. The minimum Gasteiger partial charge on any atom is -0.357 e. The minimum absolute atomic E-state index is 0.204. The molecule has 0 atom stereocenters. The fraction of sp³-hybridized carbons (Fsp3) is 0.300. The van der Waals surface area contributed by atoms with E-state index in [4.69, 9.17) is 11.6 Å². The minimum atomic E-state index is 0.204. The van der Waals surface area contributed by atoms with Crippen molar-refractivity contribution in [3.05, 3.63) is 58.7 Å². The van der Waals surface area contributed by atoms with Gasteiger partial charge in [0.2, 0.25) is 0 Å². The summed E-state index contributed by atoms with van der Waals surface area (Å²) in [6, 6.07) is 15.2. The van der Waals surface area contributed by atoms with Crippen LogP contribution in [-0.4, -0.2) is 4.98 Å². The smallest absolute Gasteiger partial charge is 0.0477 e. The number of hydrogen-bond acceptors (Lipinski definition) is 0. The number of aromatic amines is 1. The zero-order valence-electron chi connectivity index (χ0n) is 12.5. The molecule has 1 fully saturated rings. The Bertz CT molecular complexity index is 884. The van der Waals surface area contributed by atoms with Crippen LogP contribution in [0.1, 0.15) is 43.4 Å². The second-order valence-corrected chi connectivity index (χ2v) is 7.19. The summed E-state index contributed by atoms with van der Waals surface area (Å²) in [5.74, 6) is 0. The van der Waals surface area contributed by atoms with Crippen molar-refractivity contribution in [1.82, 2.24) is 4.98 Å². The maximum absolute atomic E-state index is 6.20. The maximum Gasteiger partial charge on any atom is 0.0477 e. The molecule has 22 heavy (non-hydrogen) atoms. The van der Waals surface area contributed by atoms with Crippen molar-refractivity contribution in [1.29, 1.82) is 0 Å². The van der Waals surface area contributed by atoms with Crippen LogP contribution >= 0.6 is 11.6 Å². The van der Waals surface area contributed by atoms with E-state index < -0.39 is 0 Å². The van der Waals surface area contributed by atoms with E-state index in [-0.39, 0.29) is 5.41 Å². The van der Waals surface area contributed by atoms with Crippen LogP contribution in [0.2, 0.25) is 5.02 Å². The third kappa shape index (κ3) is 1.50. The Labute approximate surface area is 135 Å². The Morgan fingerprint density at radius 1 is 0.955 bits per heavy atom. The van der Waals surface area contributed by atoms with Crippen molar-refractivity contribution in [3.63, 3.8) is 0 Å². The van der Waals surface area contributed by atoms with Crippen molar-refractivity contribution in [2.24, 2.45) is 0 Å². The molecular formula is C20H18ClN. The number of H-pyrrole nitrogens is 1. The third-order valence-electron chi connectivity index (χ3n) is 5.66. The van der Waals surface area contributed by atoms with Crippen LogP contribution in [-0.2, 0) is 5.41 Å². The van der Waals surface area contributed by atoms with Crippen molar-refractivity contribution < 1.29 is 0 Å². The zero-order chi connectivity index (χ0) is 14.7. The van der Waals surface area contributed by atoms with Gasteiger partial charge in [-0.1, -0.05) is 61.2 Å². The van der Waals surface area contributed by atoms with E-state index in [1.165, 1.54) is 65.4 Å². The lowest BCUT2D eigenvalue weighted by Crippen LogP contribution is -2.28. The Balaban J connectivity index is 1.89. The Kier molecular flexibility index (Phi) is 2.55. The zero-order valence-corrected chi connectivity index (χ0v) is 13.2. The van der Waals surface area contributed by atoms with Gasteiger partial charge in [-0.25, -0.2) is 0 Å². The van der Waals surface area contributed by atoms with Crippen LogP contribution in [0, 0.1) is 0 Å². The highest BCUT2D eigenvalue weighted by Crippen LogP contribution is 2.57. The van der Waals surface area contributed by atoms with Crippen LogP contribution in [0.4, 0.5) is 0 Å². The van der Waals surface area contributed by atoms with Crippen molar-refractivity contribution in [3.8, 4) is 11.1 Å². The van der Waals surface area contributed by atoms with Gasteiger partial charge in [-0.15, -0.1) is 0 Å². The second-order valence-electron chi connectivity index (χ2n) is 6.75. The summed E-state index contributed by atoms with van der Waals surface area (Å²) in [5.41, 5.74) is 7.20. The van der Waals surface area contributed by atoms with Gasteiger partial charge in [0, 0.05) is 32.6 Å². The molecule has 2 aromatic carbocycles. The molecule has 0 radical (unpaired) electrons. The highest BCUT2D eigenvalue weighted by molar-refractivity contribution is 6.31. The van der Waals surface area contributed by atoms with Gasteiger partial charge in [-0.05, 0) is 36.1 Å². The molecule has 1 heterocycles. The van der Waals surface area contributed by atoms with Gasteiger partial charge >= 0.3 is 0 Å². The van der Waals surface area contributed by atoms with E-state index in [2.05, 4.69) is 41.4 Å². The lowest BCUT2D eigenvalue weighted by molar-refractivity contribution is 0.347. The second kappa shape index (κ2) is 4.39. The lowest BCUT2D eigenvalue weighted by Gasteiger charge is -2.35. The number of nitrogens with one attached hydrogen (secondary N) is 1. The normalized spacial score (nSPS) is 18.6. The Morgan fingerprint density at radius 2 is 1.77 bits per heavy atom. The van der Waals surface area contributed by atoms with Crippen molar-refractivity contribution in [2.75, 3.05) is 0 Å². The molecule has 2 aliphatic rings. The topological polar surface area (TPSA) is 15.8 Å². The summed E-state index contributed by atoms with van der Waals surface area (Å²) in [4.78, 5) is 3.74. The standard InChI is InChI=1S/C20H18ClN/c21-13-8-9-15-17(12-13)22-19-18(15)14-6-2-3-7-16(14)20(19)10-4-1-5-11-20/h2-3,6-9,12,22H,1,4-5,10-11H2. The molecule has 110 valence electrons. The van der Waals surface area contributed by atoms with E-state index in [1.54, 1.807) is 0 Å². The van der Waals surface area contributed by atoms with Crippen LogP contribution in [0.3, 0.4) is 0 Å². The molecule has 2 aliphatic carbocycles. The SMILES string of the molecule is Clc1ccc2c3c([nH]c2c1)C1(CCCCC1)c1ccccc1-3. The fourth-order valence-corrected chi connectivity index (χ4v) is 4.91. The maximum atomic E-state index is 6.20. The van der Waals surface area contributed by atoms with Gasteiger partial charge in [-0.2, -0.15) is 0 Å². The van der Waals surface area contributed by atoms with E-state index in [0.29, 0.717) is 0 Å². The largest absolute Gasteiger partial charge is 0.357 e. The van der Waals surface area contributed by atoms with Crippen LogP contribution < -0.4 is 0 Å². The van der Waals surface area contributed by atoms with Gasteiger partial charge in [-0.3, -0.25) is 0 Å². The van der Waals surface area contributed by atoms with Gasteiger partial charge in [0.25, 0.3) is 0 Å². The fourth-order valence-electron chi connectivity index (χ4n) is 4.74. The quantitative estimate of drug-likeness (QED) is 0.520. The molecule has 0 bridgehead atoms. The molecule has 0 saturated heterocycles. The summed E-state index contributed by atoms with van der Waals surface area (Å²) < 4.78 is 0. The highest BCUT2D eigenvalue weighted by Gasteiger charge is 2.45. The van der Waals surface area contributed by atoms with Gasteiger partial charge < -0.3 is 4.98 Å². The molecule has 0 amide bonds. The Hall–Kier alpha value is -1.73. The summed E-state index contributed by atoms with van der Waals surface area (Å²) in [6.45, 7) is 0. The molecule has 1 spiro atoms. The molecule has 1 aromatic heterocycles. The van der Waals surface area contributed by atoms with E-state index in [1.807, 2.05) is 6.07 Å². The average Bonchev–Trinajstić information content (AvgIpc) is 3.04. The molecule has 0 aliphatic heterocycles. The number of rotatable bonds is 0. The average molecular weight is 308 g/mol. The third-order valence-corrected chi connectivity index (χ3v) is 5.89. The number of aromatic nitrogens is 1. The predicted molar refractivity (Wildman–Crippen MR) is 92.6 cm³/mol. The molecule has 5 rings (SSSR count). The monoisotopic (exact) mass is 307 g/mol. The Morgan fingerprint density at radius 3 is 2.64 bits per heavy atom. The molecular weight excluding hydrogens is 290 g/mol. The van der Waals surface area contributed by atoms with Crippen LogP contribution in [0.15, 0.2) is 42.5 Å². The van der Waals surface area contributed by atoms with Gasteiger partial charge in [0.15, 0.2) is 0 Å². The highest BCUT2D eigenvalue weighted by atomic mass is 35.5. The predicted octanol–water partition coefficient (Wildman–Crippen LogP) is 6.05. The first-order valence-electron chi connectivity index (χ1n) is 8.21. The van der Waals surface area contributed by atoms with E-state index in [0.717, 1.165) is 5.02 Å². The van der Waals surface area contributed by atoms with Gasteiger partial charge in [0.05, 0.1) is 0 Å². The molecule has 0 unspecified atom stereocenters. The van der Waals surface area contributed by atoms with Crippen molar-refractivity contribution in [2.45, 2.75) is 37.5 Å². The summed E-state index contributed by atoms with van der Waals surface area (Å²) >= 11 is 6.20. The number of benzene rings is 2. The molecule has 3 aromatic rings. The summed E-state index contributed by atoms with van der Waals surface area (Å²) in [7, 11) is 0. The summed E-state index contributed by atoms with van der Waals surface area (Å²) in [6.07, 6.45) is 6.54. The van der Waals surface area contributed by atoms with Gasteiger partial charge in [0.1, 0.15) is 0 Å². The molecule has 1 saturated carbocycles. The van der Waals surface area contributed by atoms with E-state index >= 15 is 0 Å². The molecule has 1 N–H and O–H groups in total. The van der Waals surface area contributed by atoms with Crippen molar-refractivity contribution >= 4 is 22.5 Å². The first-order chi connectivity index (χ1) is 10.8. The lowest BCUT2D eigenvalue weighted by atomic mass is 9.69. The van der Waals surface area contributed by atoms with E-state index in [9.17, 15) is 0 Å². The van der Waals surface area contributed by atoms with Crippen LogP contribution in [0.5, 0.6) is 0 Å². The number of hydrogen-bond donors (Lipinski definition) is 1. The summed E-state index contributed by atoms with van der Waals surface area (Å²) in [5, 5.41) is 2.12. The number of halogens is 1. The molecule has 2 heteroatoms. The first kappa shape index (κ1) is 12.8. The first-order valence-corrected chi connectivity index (χ1v) is 8.59. The molecule has 1 nitrogen and oxygen atoms in total. The van der Waals surface area contributed by atoms with Crippen LogP contribution in [0.25, 0.3) is 22.0 Å².